The molecule has 0 bridgehead atoms. The Morgan fingerprint density at radius 1 is 1.40 bits per heavy atom. The number of hydrogen-bond donors (Lipinski definition) is 1. The quantitative estimate of drug-likeness (QED) is 0.754. The molecule has 4 heteroatoms. The van der Waals surface area contributed by atoms with Crippen molar-refractivity contribution in [2.45, 2.75) is 32.2 Å². The molecule has 0 aromatic carbocycles. The van der Waals surface area contributed by atoms with E-state index in [4.69, 9.17) is 5.11 Å². The van der Waals surface area contributed by atoms with Gasteiger partial charge in [-0.1, -0.05) is 0 Å². The molecule has 1 rings (SSSR count). The lowest BCUT2D eigenvalue weighted by atomic mass is 9.99. The molecular weight excluding hydrogens is 192 g/mol. The number of rotatable bonds is 4. The van der Waals surface area contributed by atoms with Crippen LogP contribution in [0.4, 0.5) is 0 Å². The van der Waals surface area contributed by atoms with E-state index in [0.717, 1.165) is 32.6 Å². The molecule has 0 aromatic rings. The van der Waals surface area contributed by atoms with E-state index < -0.39 is 5.97 Å². The maximum atomic E-state index is 10.4. The molecule has 0 spiro atoms. The lowest BCUT2D eigenvalue weighted by molar-refractivity contribution is -0.137. The van der Waals surface area contributed by atoms with E-state index in [9.17, 15) is 4.79 Å². The molecule has 0 aliphatic carbocycles. The normalized spacial score (nSPS) is 22.9. The fourth-order valence-electron chi connectivity index (χ4n) is 1.99. The maximum absolute atomic E-state index is 10.4. The number of nitrogens with zero attached hydrogens (tertiary/aromatic N) is 2. The Labute approximate surface area is 91.9 Å². The fraction of sp³-hybridized carbons (Fsp3) is 0.909. The van der Waals surface area contributed by atoms with Gasteiger partial charge in [0, 0.05) is 31.6 Å². The molecular formula is C11H22N2O2. The van der Waals surface area contributed by atoms with E-state index >= 15 is 0 Å². The number of piperazine rings is 1. The van der Waals surface area contributed by atoms with Gasteiger partial charge in [-0.25, -0.2) is 0 Å². The zero-order chi connectivity index (χ0) is 11.5. The second kappa shape index (κ2) is 4.94. The molecule has 88 valence electrons. The van der Waals surface area contributed by atoms with Gasteiger partial charge >= 0.3 is 5.97 Å². The Balaban J connectivity index is 2.30. The van der Waals surface area contributed by atoms with Gasteiger partial charge in [-0.3, -0.25) is 9.69 Å². The first-order chi connectivity index (χ1) is 6.92. The van der Waals surface area contributed by atoms with Crippen molar-refractivity contribution >= 4 is 5.97 Å². The minimum atomic E-state index is -0.691. The second-order valence-corrected chi connectivity index (χ2v) is 5.01. The highest BCUT2D eigenvalue weighted by Gasteiger charge is 2.30. The van der Waals surface area contributed by atoms with Gasteiger partial charge in [0.15, 0.2) is 0 Å². The average molecular weight is 214 g/mol. The van der Waals surface area contributed by atoms with E-state index in [-0.39, 0.29) is 12.0 Å². The van der Waals surface area contributed by atoms with Gasteiger partial charge in [-0.05, 0) is 33.9 Å². The van der Waals surface area contributed by atoms with Crippen molar-refractivity contribution in [1.82, 2.24) is 9.80 Å². The summed E-state index contributed by atoms with van der Waals surface area (Å²) in [4.78, 5) is 15.1. The molecule has 0 radical (unpaired) electrons. The number of aliphatic carboxylic acids is 1. The summed E-state index contributed by atoms with van der Waals surface area (Å²) in [6, 6.07) is 0. The van der Waals surface area contributed by atoms with Crippen LogP contribution >= 0.6 is 0 Å². The average Bonchev–Trinajstić information content (AvgIpc) is 2.10. The summed E-state index contributed by atoms with van der Waals surface area (Å²) in [5, 5.41) is 8.56. The number of carboxylic acid groups (broad SMARTS) is 1. The van der Waals surface area contributed by atoms with E-state index in [0.29, 0.717) is 0 Å². The Morgan fingerprint density at radius 3 is 2.60 bits per heavy atom. The van der Waals surface area contributed by atoms with Crippen LogP contribution in [0.3, 0.4) is 0 Å². The molecule has 0 amide bonds. The van der Waals surface area contributed by atoms with Crippen LogP contribution in [0.25, 0.3) is 0 Å². The second-order valence-electron chi connectivity index (χ2n) is 5.01. The summed E-state index contributed by atoms with van der Waals surface area (Å²) in [5.41, 5.74) is 0.210. The number of carbonyl (C=O) groups is 1. The van der Waals surface area contributed by atoms with Gasteiger partial charge in [0.1, 0.15) is 0 Å². The van der Waals surface area contributed by atoms with Crippen LogP contribution in [0.15, 0.2) is 0 Å². The maximum Gasteiger partial charge on any atom is 0.303 e. The summed E-state index contributed by atoms with van der Waals surface area (Å²) in [5.74, 6) is -0.691. The highest BCUT2D eigenvalue weighted by molar-refractivity contribution is 5.66. The smallest absolute Gasteiger partial charge is 0.303 e. The summed E-state index contributed by atoms with van der Waals surface area (Å²) in [7, 11) is 2.15. The van der Waals surface area contributed by atoms with Crippen molar-refractivity contribution in [2.75, 3.05) is 33.2 Å². The lowest BCUT2D eigenvalue weighted by Gasteiger charge is -2.45. The fourth-order valence-corrected chi connectivity index (χ4v) is 1.99. The first kappa shape index (κ1) is 12.5. The first-order valence-corrected chi connectivity index (χ1v) is 5.57. The van der Waals surface area contributed by atoms with Crippen LogP contribution in [-0.2, 0) is 4.79 Å². The molecule has 1 N–H and O–H groups in total. The Morgan fingerprint density at radius 2 is 2.07 bits per heavy atom. The lowest BCUT2D eigenvalue weighted by Crippen LogP contribution is -2.57. The number of likely N-dealkylation sites (N-methyl/N-ethyl adjacent to an activating group) is 1. The number of hydrogen-bond acceptors (Lipinski definition) is 3. The molecule has 1 aliphatic rings. The molecule has 1 fully saturated rings. The van der Waals surface area contributed by atoms with Crippen LogP contribution in [0.1, 0.15) is 26.7 Å². The number of carboxylic acids is 1. The Kier molecular flexibility index (Phi) is 4.11. The zero-order valence-electron chi connectivity index (χ0n) is 9.99. The molecule has 1 aliphatic heterocycles. The van der Waals surface area contributed by atoms with Gasteiger partial charge in [0.2, 0.25) is 0 Å². The third kappa shape index (κ3) is 3.80. The molecule has 1 heterocycles. The van der Waals surface area contributed by atoms with Crippen LogP contribution in [0.2, 0.25) is 0 Å². The highest BCUT2D eigenvalue weighted by atomic mass is 16.4. The largest absolute Gasteiger partial charge is 0.481 e. The van der Waals surface area contributed by atoms with E-state index in [2.05, 4.69) is 30.7 Å². The topological polar surface area (TPSA) is 43.8 Å². The van der Waals surface area contributed by atoms with Crippen molar-refractivity contribution in [3.8, 4) is 0 Å². The van der Waals surface area contributed by atoms with Gasteiger partial charge in [0.05, 0.1) is 0 Å². The van der Waals surface area contributed by atoms with Crippen LogP contribution in [0, 0.1) is 0 Å². The van der Waals surface area contributed by atoms with Crippen molar-refractivity contribution in [1.29, 1.82) is 0 Å². The standard InChI is InChI=1S/C11H22N2O2/c1-11(2)9-13(8-7-12(11)3)6-4-5-10(14)15/h4-9H2,1-3H3,(H,14,15). The predicted octanol–water partition coefficient (Wildman–Crippen LogP) is 0.877. The molecule has 0 unspecified atom stereocenters. The molecule has 1 saturated heterocycles. The highest BCUT2D eigenvalue weighted by Crippen LogP contribution is 2.18. The molecule has 15 heavy (non-hydrogen) atoms. The Bertz CT molecular complexity index is 229. The minimum Gasteiger partial charge on any atom is -0.481 e. The van der Waals surface area contributed by atoms with Gasteiger partial charge in [-0.15, -0.1) is 0 Å². The molecule has 0 atom stereocenters. The minimum absolute atomic E-state index is 0.210. The van der Waals surface area contributed by atoms with Crippen LogP contribution in [-0.4, -0.2) is 59.6 Å². The summed E-state index contributed by atoms with van der Waals surface area (Å²) in [6.07, 6.45) is 1.04. The van der Waals surface area contributed by atoms with E-state index in [1.165, 1.54) is 0 Å². The third-order valence-corrected chi connectivity index (χ3v) is 3.26. The van der Waals surface area contributed by atoms with Crippen molar-refractivity contribution in [3.63, 3.8) is 0 Å². The Hall–Kier alpha value is -0.610. The first-order valence-electron chi connectivity index (χ1n) is 5.57. The monoisotopic (exact) mass is 214 g/mol. The molecule has 0 saturated carbocycles. The van der Waals surface area contributed by atoms with Gasteiger partial charge in [0.25, 0.3) is 0 Å². The van der Waals surface area contributed by atoms with Crippen LogP contribution in [0.5, 0.6) is 0 Å². The molecule has 4 nitrogen and oxygen atoms in total. The van der Waals surface area contributed by atoms with Gasteiger partial charge < -0.3 is 10.0 Å². The van der Waals surface area contributed by atoms with Crippen molar-refractivity contribution < 1.29 is 9.90 Å². The van der Waals surface area contributed by atoms with E-state index in [1.54, 1.807) is 0 Å². The summed E-state index contributed by atoms with van der Waals surface area (Å²) < 4.78 is 0. The van der Waals surface area contributed by atoms with Crippen LogP contribution < -0.4 is 0 Å². The summed E-state index contributed by atoms with van der Waals surface area (Å²) >= 11 is 0. The summed E-state index contributed by atoms with van der Waals surface area (Å²) in [6.45, 7) is 8.53. The SMILES string of the molecule is CN1CCN(CCCC(=O)O)CC1(C)C. The predicted molar refractivity (Wildman–Crippen MR) is 60.0 cm³/mol. The third-order valence-electron chi connectivity index (χ3n) is 3.26. The van der Waals surface area contributed by atoms with Crippen molar-refractivity contribution in [2.24, 2.45) is 0 Å². The molecule has 0 aromatic heterocycles. The van der Waals surface area contributed by atoms with Gasteiger partial charge in [-0.2, -0.15) is 0 Å². The van der Waals surface area contributed by atoms with E-state index in [1.807, 2.05) is 0 Å². The van der Waals surface area contributed by atoms with Crippen molar-refractivity contribution in [3.05, 3.63) is 0 Å². The zero-order valence-corrected chi connectivity index (χ0v) is 9.99.